The molecule has 2 heterocycles. The summed E-state index contributed by atoms with van der Waals surface area (Å²) in [6.07, 6.45) is 2.48. The van der Waals surface area contributed by atoms with E-state index in [0.717, 1.165) is 0 Å². The second-order valence-corrected chi connectivity index (χ2v) is 23.3. The van der Waals surface area contributed by atoms with Crippen LogP contribution >= 0.6 is 34.5 Å². The van der Waals surface area contributed by atoms with Gasteiger partial charge in [-0.15, -0.1) is 0 Å². The topological polar surface area (TPSA) is 3.24 Å². The van der Waals surface area contributed by atoms with E-state index in [1.807, 2.05) is 0 Å². The Hall–Kier alpha value is -2.51. The van der Waals surface area contributed by atoms with E-state index in [9.17, 15) is 0 Å². The molecule has 5 aromatic rings. The van der Waals surface area contributed by atoms with Crippen molar-refractivity contribution in [1.29, 1.82) is 0 Å². The van der Waals surface area contributed by atoms with Crippen LogP contribution in [0.2, 0.25) is 0 Å². The summed E-state index contributed by atoms with van der Waals surface area (Å²) in [7, 11) is -2.28. The first-order valence-electron chi connectivity index (χ1n) is 14.0. The van der Waals surface area contributed by atoms with Crippen LogP contribution in [0.3, 0.4) is 0 Å². The molecule has 39 heavy (non-hydrogen) atoms. The fourth-order valence-corrected chi connectivity index (χ4v) is 27.8. The third kappa shape index (κ3) is 3.94. The molecule has 0 spiro atoms. The monoisotopic (exact) mass is 657 g/mol. The van der Waals surface area contributed by atoms with E-state index >= 15 is 0 Å². The Bertz CT molecular complexity index is 1560. The Morgan fingerprint density at radius 3 is 1.62 bits per heavy atom. The molecular weight excluding hydrogens is 623 g/mol. The van der Waals surface area contributed by atoms with Gasteiger partial charge in [-0.2, -0.15) is 0 Å². The number of para-hydroxylation sites is 1. The van der Waals surface area contributed by atoms with E-state index in [2.05, 4.69) is 173 Å². The number of hydrogen-bond donors (Lipinski definition) is 0. The predicted octanol–water partition coefficient (Wildman–Crippen LogP) is 9.71. The van der Waals surface area contributed by atoms with Gasteiger partial charge in [-0.25, -0.2) is 0 Å². The van der Waals surface area contributed by atoms with Gasteiger partial charge < -0.3 is 0 Å². The van der Waals surface area contributed by atoms with Gasteiger partial charge in [0.1, 0.15) is 0 Å². The van der Waals surface area contributed by atoms with Crippen molar-refractivity contribution in [2.45, 2.75) is 24.2 Å². The summed E-state index contributed by atoms with van der Waals surface area (Å²) in [5.74, 6) is 0. The first-order valence-corrected chi connectivity index (χ1v) is 21.6. The van der Waals surface area contributed by atoms with Crippen molar-refractivity contribution in [1.82, 2.24) is 0 Å². The molecule has 2 aliphatic rings. The molecule has 1 nitrogen and oxygen atoms in total. The van der Waals surface area contributed by atoms with Crippen molar-refractivity contribution in [2.75, 3.05) is 11.1 Å². The van der Waals surface area contributed by atoms with E-state index in [4.69, 9.17) is 0 Å². The molecule has 0 aliphatic carbocycles. The van der Waals surface area contributed by atoms with E-state index in [1.54, 1.807) is 0 Å². The molecule has 0 radical (unpaired) electrons. The van der Waals surface area contributed by atoms with Crippen molar-refractivity contribution in [3.63, 3.8) is 0 Å². The summed E-state index contributed by atoms with van der Waals surface area (Å²) in [4.78, 5) is 0. The average Bonchev–Trinajstić information content (AvgIpc) is 3.36. The fourth-order valence-electron chi connectivity index (χ4n) is 7.58. The molecule has 0 aromatic heterocycles. The van der Waals surface area contributed by atoms with E-state index in [1.165, 1.54) is 51.4 Å². The van der Waals surface area contributed by atoms with E-state index < -0.39 is 12.5 Å². The van der Waals surface area contributed by atoms with Crippen LogP contribution in [-0.2, 0) is 0 Å². The van der Waals surface area contributed by atoms with Gasteiger partial charge in [0.15, 0.2) is 0 Å². The van der Waals surface area contributed by atoms with Gasteiger partial charge in [0.2, 0.25) is 0 Å². The predicted molar refractivity (Wildman–Crippen MR) is 184 cm³/mol. The van der Waals surface area contributed by atoms with Crippen molar-refractivity contribution in [2.24, 2.45) is 0 Å². The molecular formula is C35H34INP2. The van der Waals surface area contributed by atoms with Crippen molar-refractivity contribution < 1.29 is 0 Å². The number of hydrogen-bond acceptors (Lipinski definition) is 1. The Labute approximate surface area is 246 Å². The van der Waals surface area contributed by atoms with E-state index in [-0.39, 0.29) is 0 Å². The second-order valence-electron chi connectivity index (χ2n) is 11.1. The Kier molecular flexibility index (Phi) is 6.63. The molecule has 0 N–H and O–H groups in total. The zero-order chi connectivity index (χ0) is 26.5. The second kappa shape index (κ2) is 10.2. The number of nitrogens with zero attached hydrogens (tertiary/aromatic N) is 1. The van der Waals surface area contributed by atoms with Gasteiger partial charge in [0, 0.05) is 0 Å². The molecule has 0 saturated carbocycles. The average molecular weight is 658 g/mol. The molecule has 2 aliphatic heterocycles. The van der Waals surface area contributed by atoms with Crippen molar-refractivity contribution in [3.05, 3.63) is 151 Å². The minimum absolute atomic E-state index is 0.549. The van der Waals surface area contributed by atoms with Crippen LogP contribution in [-0.4, -0.2) is 6.66 Å². The summed E-state index contributed by atoms with van der Waals surface area (Å²) in [6.45, 7) is 2.73. The first kappa shape index (κ1) is 25.5. The molecule has 0 amide bonds. The van der Waals surface area contributed by atoms with Crippen LogP contribution in [0, 0.1) is 0 Å². The SMILES string of the molecule is C[PH]1(N2c3ccccc3-c3ccccc3[PH]2(I)c2ccccc2)[C@H](c2ccccc2)CC[C@H]1c1ccccc1. The van der Waals surface area contributed by atoms with Gasteiger partial charge in [0.25, 0.3) is 0 Å². The molecule has 7 rings (SSSR count). The molecule has 0 unspecified atom stereocenters. The number of benzene rings is 5. The maximum absolute atomic E-state index is 3.11. The summed E-state index contributed by atoms with van der Waals surface area (Å²) < 4.78 is 3.11. The summed E-state index contributed by atoms with van der Waals surface area (Å²) in [6, 6.07) is 52.9. The van der Waals surface area contributed by atoms with Gasteiger partial charge in [0.05, 0.1) is 0 Å². The van der Waals surface area contributed by atoms with Crippen LogP contribution in [0.25, 0.3) is 11.1 Å². The van der Waals surface area contributed by atoms with Crippen LogP contribution < -0.4 is 15.1 Å². The molecule has 1 fully saturated rings. The first-order chi connectivity index (χ1) is 19.1. The maximum atomic E-state index is 3.11. The van der Waals surface area contributed by atoms with Gasteiger partial charge >= 0.3 is 248 Å². The summed E-state index contributed by atoms with van der Waals surface area (Å²) in [5, 5.41) is 0.594. The van der Waals surface area contributed by atoms with E-state index in [0.29, 0.717) is 11.3 Å². The number of anilines is 1. The zero-order valence-electron chi connectivity index (χ0n) is 22.2. The number of halogens is 1. The van der Waals surface area contributed by atoms with Crippen molar-refractivity contribution >= 4 is 50.8 Å². The van der Waals surface area contributed by atoms with Crippen LogP contribution in [0.15, 0.2) is 140 Å². The molecule has 1 saturated heterocycles. The van der Waals surface area contributed by atoms with Crippen LogP contribution in [0.5, 0.6) is 0 Å². The number of fused-ring (bicyclic) bond motifs is 3. The van der Waals surface area contributed by atoms with Gasteiger partial charge in [-0.1, -0.05) is 0 Å². The number of rotatable bonds is 4. The van der Waals surface area contributed by atoms with Crippen LogP contribution in [0.4, 0.5) is 5.69 Å². The normalized spacial score (nSPS) is 22.4. The quantitative estimate of drug-likeness (QED) is 0.138. The molecule has 5 aromatic carbocycles. The van der Waals surface area contributed by atoms with Gasteiger partial charge in [-0.05, 0) is 0 Å². The van der Waals surface area contributed by atoms with Crippen molar-refractivity contribution in [3.8, 4) is 11.1 Å². The standard InChI is InChI=1S/C35H34INP2/c1-38(33(27-15-5-2-6-16-27)25-26-34(38)28-17-7-3-8-18-28)37-32-23-13-11-21-30(32)31-22-12-14-24-35(31)39(37,36)29-19-9-4-10-20-29/h2-24,33-34,38-39H,25-26H2,1H3/t33-,34-/m0/s1. The third-order valence-corrected chi connectivity index (χ3v) is 26.5. The summed E-state index contributed by atoms with van der Waals surface area (Å²) in [5.41, 5.74) is 8.38. The molecule has 2 atom stereocenters. The Balaban J connectivity index is 1.57. The molecule has 4 heteroatoms. The Morgan fingerprint density at radius 2 is 1.03 bits per heavy atom. The zero-order valence-corrected chi connectivity index (χ0v) is 26.3. The molecule has 0 bridgehead atoms. The minimum atomic E-state index is -2.44. The summed E-state index contributed by atoms with van der Waals surface area (Å²) >= 11 is 2.96. The third-order valence-electron chi connectivity index (χ3n) is 9.22. The van der Waals surface area contributed by atoms with Gasteiger partial charge in [-0.3, -0.25) is 0 Å². The fraction of sp³-hybridized carbons (Fsp3) is 0.143. The molecule has 196 valence electrons. The Morgan fingerprint density at radius 1 is 0.564 bits per heavy atom. The van der Waals surface area contributed by atoms with Crippen LogP contribution in [0.1, 0.15) is 35.3 Å².